The summed E-state index contributed by atoms with van der Waals surface area (Å²) in [5.74, 6) is 0.300. The fourth-order valence-electron chi connectivity index (χ4n) is 3.40. The van der Waals surface area contributed by atoms with Crippen molar-refractivity contribution in [3.8, 4) is 0 Å². The van der Waals surface area contributed by atoms with Gasteiger partial charge in [0.05, 0.1) is 6.54 Å². The largest absolute Gasteiger partial charge is 0.383 e. The Morgan fingerprint density at radius 1 is 1.39 bits per heavy atom. The van der Waals surface area contributed by atoms with Crippen molar-refractivity contribution in [1.82, 2.24) is 14.5 Å². The number of nitrogen functional groups attached to an aromatic ring is 1. The molecule has 3 rings (SSSR count). The number of piperidine rings is 1. The number of anilines is 1. The maximum absolute atomic E-state index is 12.5. The molecule has 0 spiro atoms. The number of ether oxygens (including phenoxy) is 1. The molecule has 1 aromatic heterocycles. The van der Waals surface area contributed by atoms with Gasteiger partial charge in [0, 0.05) is 12.2 Å². The molecule has 2 N–H and O–H groups in total. The summed E-state index contributed by atoms with van der Waals surface area (Å²) in [5, 5.41) is 0. The Hall–Kier alpha value is -1.73. The van der Waals surface area contributed by atoms with Crippen LogP contribution in [-0.2, 0) is 9.53 Å². The molecule has 23 heavy (non-hydrogen) atoms. The Kier molecular flexibility index (Phi) is 4.77. The number of carbonyl (C=O) groups excluding carboxylic acids is 1. The Morgan fingerprint density at radius 3 is 2.96 bits per heavy atom. The highest BCUT2D eigenvalue weighted by molar-refractivity contribution is 5.85. The van der Waals surface area contributed by atoms with E-state index >= 15 is 0 Å². The van der Waals surface area contributed by atoms with Gasteiger partial charge in [0.15, 0.2) is 5.78 Å². The summed E-state index contributed by atoms with van der Waals surface area (Å²) >= 11 is 0. The topological polar surface area (TPSA) is 90.5 Å². The van der Waals surface area contributed by atoms with E-state index in [1.54, 1.807) is 12.3 Å². The number of ketones is 1. The molecule has 2 aliphatic rings. The van der Waals surface area contributed by atoms with Crippen molar-refractivity contribution in [2.24, 2.45) is 0 Å². The summed E-state index contributed by atoms with van der Waals surface area (Å²) in [6, 6.07) is 2.02. The molecule has 0 aromatic carbocycles. The summed E-state index contributed by atoms with van der Waals surface area (Å²) in [6.07, 6.45) is 5.53. The predicted octanol–water partition coefficient (Wildman–Crippen LogP) is 0.947. The lowest BCUT2D eigenvalue weighted by molar-refractivity contribution is -0.133. The van der Waals surface area contributed by atoms with Gasteiger partial charge in [-0.3, -0.25) is 14.3 Å². The van der Waals surface area contributed by atoms with Crippen LogP contribution in [-0.4, -0.2) is 45.5 Å². The van der Waals surface area contributed by atoms with Crippen molar-refractivity contribution in [3.05, 3.63) is 22.7 Å². The third kappa shape index (κ3) is 3.61. The highest BCUT2D eigenvalue weighted by atomic mass is 16.5. The summed E-state index contributed by atoms with van der Waals surface area (Å²) in [6.45, 7) is 3.59. The van der Waals surface area contributed by atoms with Gasteiger partial charge in [0.25, 0.3) is 0 Å². The molecule has 2 saturated heterocycles. The summed E-state index contributed by atoms with van der Waals surface area (Å²) in [5.41, 5.74) is 5.06. The first-order chi connectivity index (χ1) is 11.0. The van der Waals surface area contributed by atoms with Crippen LogP contribution in [0.1, 0.15) is 45.3 Å². The average Bonchev–Trinajstić information content (AvgIpc) is 2.99. The van der Waals surface area contributed by atoms with Crippen LogP contribution < -0.4 is 11.4 Å². The number of hydrogen-bond donors (Lipinski definition) is 1. The molecular weight excluding hydrogens is 296 g/mol. The Bertz CT molecular complexity index is 630. The molecule has 2 fully saturated rings. The minimum atomic E-state index is -0.437. The first-order valence-electron chi connectivity index (χ1n) is 8.31. The molecule has 7 heteroatoms. The van der Waals surface area contributed by atoms with E-state index in [0.29, 0.717) is 25.4 Å². The van der Waals surface area contributed by atoms with E-state index in [0.717, 1.165) is 19.4 Å². The first-order valence-corrected chi connectivity index (χ1v) is 8.31. The van der Waals surface area contributed by atoms with Gasteiger partial charge < -0.3 is 10.5 Å². The highest BCUT2D eigenvalue weighted by Gasteiger charge is 2.33. The van der Waals surface area contributed by atoms with Crippen molar-refractivity contribution >= 4 is 11.6 Å². The zero-order valence-electron chi connectivity index (χ0n) is 13.5. The quantitative estimate of drug-likeness (QED) is 0.888. The van der Waals surface area contributed by atoms with Crippen molar-refractivity contribution in [2.75, 3.05) is 18.8 Å². The van der Waals surface area contributed by atoms with Crippen molar-refractivity contribution in [1.29, 1.82) is 0 Å². The number of rotatable bonds is 4. The fourth-order valence-corrected chi connectivity index (χ4v) is 3.40. The zero-order chi connectivity index (χ0) is 16.4. The van der Waals surface area contributed by atoms with Crippen LogP contribution in [0.3, 0.4) is 0 Å². The Labute approximate surface area is 135 Å². The van der Waals surface area contributed by atoms with Crippen molar-refractivity contribution < 1.29 is 9.53 Å². The Balaban J connectivity index is 1.60. The van der Waals surface area contributed by atoms with E-state index in [2.05, 4.69) is 16.8 Å². The smallest absolute Gasteiger partial charge is 0.351 e. The van der Waals surface area contributed by atoms with E-state index in [1.807, 2.05) is 0 Å². The Morgan fingerprint density at radius 2 is 2.22 bits per heavy atom. The fraction of sp³-hybridized carbons (Fsp3) is 0.688. The lowest BCUT2D eigenvalue weighted by atomic mass is 10.0. The van der Waals surface area contributed by atoms with E-state index in [1.165, 1.54) is 11.0 Å². The van der Waals surface area contributed by atoms with Crippen LogP contribution in [0, 0.1) is 0 Å². The SMILES string of the molecule is CC1CCCCN1CC(=O)[C@@H]1CC[C@H](n2ccc(N)nc2=O)O1. The molecule has 1 unspecified atom stereocenters. The standard InChI is InChI=1S/C16H24N4O3/c1-11-4-2-3-8-19(11)10-12(21)13-5-6-15(23-13)20-9-7-14(17)18-16(20)22/h7,9,11,13,15H,2-6,8,10H2,1H3,(H2,17,18,22)/t11?,13-,15+/m0/s1. The average molecular weight is 320 g/mol. The van der Waals surface area contributed by atoms with Gasteiger partial charge in [0.1, 0.15) is 18.1 Å². The lowest BCUT2D eigenvalue weighted by Crippen LogP contribution is -2.43. The maximum atomic E-state index is 12.5. The third-order valence-corrected chi connectivity index (χ3v) is 4.82. The zero-order valence-corrected chi connectivity index (χ0v) is 13.5. The number of hydrogen-bond acceptors (Lipinski definition) is 6. The van der Waals surface area contributed by atoms with Gasteiger partial charge in [-0.05, 0) is 45.2 Å². The van der Waals surface area contributed by atoms with Gasteiger partial charge in [-0.1, -0.05) is 6.42 Å². The molecule has 7 nitrogen and oxygen atoms in total. The van der Waals surface area contributed by atoms with Crippen molar-refractivity contribution in [3.63, 3.8) is 0 Å². The third-order valence-electron chi connectivity index (χ3n) is 4.82. The normalized spacial score (nSPS) is 28.8. The van der Waals surface area contributed by atoms with Crippen LogP contribution in [0.2, 0.25) is 0 Å². The molecular formula is C16H24N4O3. The second-order valence-corrected chi connectivity index (χ2v) is 6.48. The van der Waals surface area contributed by atoms with Gasteiger partial charge in [-0.2, -0.15) is 4.98 Å². The number of nitrogens with two attached hydrogens (primary N) is 1. The highest BCUT2D eigenvalue weighted by Crippen LogP contribution is 2.28. The number of nitrogens with zero attached hydrogens (tertiary/aromatic N) is 3. The van der Waals surface area contributed by atoms with Crippen LogP contribution >= 0.6 is 0 Å². The molecule has 0 aliphatic carbocycles. The van der Waals surface area contributed by atoms with Crippen LogP contribution in [0.25, 0.3) is 0 Å². The molecule has 3 atom stereocenters. The van der Waals surface area contributed by atoms with Crippen molar-refractivity contribution in [2.45, 2.75) is 57.4 Å². The van der Waals surface area contributed by atoms with Gasteiger partial charge >= 0.3 is 5.69 Å². The number of likely N-dealkylation sites (tertiary alicyclic amines) is 1. The van der Waals surface area contributed by atoms with Gasteiger partial charge in [-0.25, -0.2) is 4.79 Å². The minimum absolute atomic E-state index is 0.109. The summed E-state index contributed by atoms with van der Waals surface area (Å²) in [4.78, 5) is 30.3. The molecule has 0 amide bonds. The minimum Gasteiger partial charge on any atom is -0.383 e. The van der Waals surface area contributed by atoms with Gasteiger partial charge in [0.2, 0.25) is 0 Å². The predicted molar refractivity (Wildman–Crippen MR) is 85.9 cm³/mol. The first kappa shape index (κ1) is 16.1. The second kappa shape index (κ2) is 6.80. The van der Waals surface area contributed by atoms with Crippen LogP contribution in [0.4, 0.5) is 5.82 Å². The number of carbonyl (C=O) groups is 1. The molecule has 0 radical (unpaired) electrons. The number of aromatic nitrogens is 2. The van der Waals surface area contributed by atoms with E-state index < -0.39 is 18.0 Å². The van der Waals surface area contributed by atoms with Crippen LogP contribution in [0.5, 0.6) is 0 Å². The molecule has 0 bridgehead atoms. The maximum Gasteiger partial charge on any atom is 0.351 e. The summed E-state index contributed by atoms with van der Waals surface area (Å²) in [7, 11) is 0. The van der Waals surface area contributed by atoms with E-state index in [9.17, 15) is 9.59 Å². The molecule has 2 aliphatic heterocycles. The monoisotopic (exact) mass is 320 g/mol. The molecule has 0 saturated carbocycles. The summed E-state index contributed by atoms with van der Waals surface area (Å²) < 4.78 is 7.22. The second-order valence-electron chi connectivity index (χ2n) is 6.48. The van der Waals surface area contributed by atoms with E-state index in [-0.39, 0.29) is 11.6 Å². The molecule has 1 aromatic rings. The van der Waals surface area contributed by atoms with E-state index in [4.69, 9.17) is 10.5 Å². The van der Waals surface area contributed by atoms with Crippen LogP contribution in [0.15, 0.2) is 17.1 Å². The number of Topliss-reactive ketones (excluding diaryl/α,β-unsaturated/α-hetero) is 1. The lowest BCUT2D eigenvalue weighted by Gasteiger charge is -2.33. The molecule has 3 heterocycles. The molecule has 126 valence electrons. The van der Waals surface area contributed by atoms with Gasteiger partial charge in [-0.15, -0.1) is 0 Å².